The SMILES string of the molecule is NC1=NC(N)(CCCCO)C(N)=C(Cl)N1. The molecular formula is C8H16ClN5O. The van der Waals surface area contributed by atoms with Gasteiger partial charge < -0.3 is 27.6 Å². The Kier molecular flexibility index (Phi) is 3.78. The van der Waals surface area contributed by atoms with Crippen LogP contribution in [-0.4, -0.2) is 23.3 Å². The summed E-state index contributed by atoms with van der Waals surface area (Å²) in [6, 6.07) is 0. The van der Waals surface area contributed by atoms with Crippen LogP contribution >= 0.6 is 11.6 Å². The molecule has 6 nitrogen and oxygen atoms in total. The molecule has 0 aliphatic carbocycles. The van der Waals surface area contributed by atoms with E-state index in [0.29, 0.717) is 19.3 Å². The number of halogens is 1. The molecule has 0 amide bonds. The van der Waals surface area contributed by atoms with Crippen molar-refractivity contribution in [1.82, 2.24) is 5.32 Å². The summed E-state index contributed by atoms with van der Waals surface area (Å²) in [4.78, 5) is 4.03. The fourth-order valence-corrected chi connectivity index (χ4v) is 1.63. The largest absolute Gasteiger partial charge is 0.397 e. The summed E-state index contributed by atoms with van der Waals surface area (Å²) in [7, 11) is 0. The molecule has 0 saturated heterocycles. The normalized spacial score (nSPS) is 26.2. The van der Waals surface area contributed by atoms with Crippen LogP contribution in [0.5, 0.6) is 0 Å². The van der Waals surface area contributed by atoms with Gasteiger partial charge in [-0.05, 0) is 19.3 Å². The molecule has 0 radical (unpaired) electrons. The first kappa shape index (κ1) is 12.1. The van der Waals surface area contributed by atoms with E-state index in [4.69, 9.17) is 33.9 Å². The minimum atomic E-state index is -1.05. The number of aliphatic hydroxyl groups excluding tert-OH is 1. The first-order valence-corrected chi connectivity index (χ1v) is 5.05. The molecule has 0 fully saturated rings. The van der Waals surface area contributed by atoms with Crippen LogP contribution < -0.4 is 22.5 Å². The lowest BCUT2D eigenvalue weighted by molar-refractivity contribution is 0.276. The zero-order valence-corrected chi connectivity index (χ0v) is 9.09. The van der Waals surface area contributed by atoms with Gasteiger partial charge in [0.05, 0.1) is 5.70 Å². The van der Waals surface area contributed by atoms with Crippen LogP contribution in [0.1, 0.15) is 19.3 Å². The van der Waals surface area contributed by atoms with Crippen LogP contribution in [0.2, 0.25) is 0 Å². The predicted molar refractivity (Wildman–Crippen MR) is 59.7 cm³/mol. The number of aliphatic hydroxyl groups is 1. The third-order valence-corrected chi connectivity index (χ3v) is 2.52. The third-order valence-electron chi connectivity index (χ3n) is 2.23. The van der Waals surface area contributed by atoms with Gasteiger partial charge in [0.1, 0.15) is 5.16 Å². The fourth-order valence-electron chi connectivity index (χ4n) is 1.37. The van der Waals surface area contributed by atoms with Gasteiger partial charge in [-0.3, -0.25) is 0 Å². The lowest BCUT2D eigenvalue weighted by Crippen LogP contribution is -2.51. The topological polar surface area (TPSA) is 123 Å². The molecule has 1 heterocycles. The Hall–Kier alpha value is -0.980. The van der Waals surface area contributed by atoms with Crippen molar-refractivity contribution in [2.24, 2.45) is 22.2 Å². The molecule has 1 rings (SSSR count). The van der Waals surface area contributed by atoms with Crippen molar-refractivity contribution < 1.29 is 5.11 Å². The fraction of sp³-hybridized carbons (Fsp3) is 0.625. The number of hydrogen-bond donors (Lipinski definition) is 5. The molecule has 15 heavy (non-hydrogen) atoms. The first-order chi connectivity index (χ1) is 6.99. The van der Waals surface area contributed by atoms with Gasteiger partial charge in [-0.15, -0.1) is 0 Å². The molecule has 1 aliphatic heterocycles. The molecule has 0 saturated carbocycles. The summed E-state index contributed by atoms with van der Waals surface area (Å²) in [5.74, 6) is 0.153. The van der Waals surface area contributed by atoms with Gasteiger partial charge in [-0.2, -0.15) is 0 Å². The van der Waals surface area contributed by atoms with E-state index in [0.717, 1.165) is 0 Å². The quantitative estimate of drug-likeness (QED) is 0.318. The van der Waals surface area contributed by atoms with Crippen molar-refractivity contribution in [2.45, 2.75) is 24.9 Å². The zero-order valence-electron chi connectivity index (χ0n) is 8.33. The van der Waals surface area contributed by atoms with Gasteiger partial charge in [0.15, 0.2) is 11.6 Å². The highest BCUT2D eigenvalue weighted by Gasteiger charge is 2.32. The smallest absolute Gasteiger partial charge is 0.196 e. The van der Waals surface area contributed by atoms with Crippen LogP contribution in [-0.2, 0) is 0 Å². The summed E-state index contributed by atoms with van der Waals surface area (Å²) in [5, 5.41) is 11.5. The molecular weight excluding hydrogens is 218 g/mol. The highest BCUT2D eigenvalue weighted by Crippen LogP contribution is 2.24. The minimum Gasteiger partial charge on any atom is -0.397 e. The van der Waals surface area contributed by atoms with Gasteiger partial charge in [0.25, 0.3) is 0 Å². The standard InChI is InChI=1S/C8H16ClN5O/c9-6-5(10)8(12,3-1-2-4-15)14-7(11)13-6/h15H,1-4,10,12H2,(H3,11,13,14). The average molecular weight is 234 g/mol. The molecule has 86 valence electrons. The lowest BCUT2D eigenvalue weighted by atomic mass is 10.00. The highest BCUT2D eigenvalue weighted by atomic mass is 35.5. The van der Waals surface area contributed by atoms with Gasteiger partial charge in [-0.1, -0.05) is 11.6 Å². The summed E-state index contributed by atoms with van der Waals surface area (Å²) in [5.41, 5.74) is 16.4. The number of aliphatic imine (C=N–C) groups is 1. The van der Waals surface area contributed by atoms with Gasteiger partial charge >= 0.3 is 0 Å². The van der Waals surface area contributed by atoms with Crippen molar-refractivity contribution in [2.75, 3.05) is 6.61 Å². The van der Waals surface area contributed by atoms with Crippen LogP contribution in [0.4, 0.5) is 0 Å². The first-order valence-electron chi connectivity index (χ1n) is 4.67. The molecule has 0 aromatic carbocycles. The summed E-state index contributed by atoms with van der Waals surface area (Å²) in [6.45, 7) is 0.116. The van der Waals surface area contributed by atoms with E-state index in [1.54, 1.807) is 0 Å². The number of unbranched alkanes of at least 4 members (excludes halogenated alkanes) is 1. The van der Waals surface area contributed by atoms with Gasteiger partial charge in [0.2, 0.25) is 0 Å². The monoisotopic (exact) mass is 233 g/mol. The summed E-state index contributed by atoms with van der Waals surface area (Å²) >= 11 is 5.81. The molecule has 8 N–H and O–H groups in total. The summed E-state index contributed by atoms with van der Waals surface area (Å²) in [6.07, 6.45) is 1.85. The maximum atomic E-state index is 8.67. The van der Waals surface area contributed by atoms with E-state index >= 15 is 0 Å². The number of nitrogens with two attached hydrogens (primary N) is 3. The Bertz CT molecular complexity index is 303. The highest BCUT2D eigenvalue weighted by molar-refractivity contribution is 6.31. The second-order valence-corrected chi connectivity index (χ2v) is 3.83. The second kappa shape index (κ2) is 4.69. The number of nitrogens with one attached hydrogen (secondary N) is 1. The van der Waals surface area contributed by atoms with Crippen LogP contribution in [0.25, 0.3) is 0 Å². The van der Waals surface area contributed by atoms with Crippen molar-refractivity contribution >= 4 is 17.6 Å². The number of hydrogen-bond acceptors (Lipinski definition) is 6. The maximum Gasteiger partial charge on any atom is 0.196 e. The second-order valence-electron chi connectivity index (χ2n) is 3.45. The Labute approximate surface area is 93.2 Å². The van der Waals surface area contributed by atoms with Gasteiger partial charge in [0, 0.05) is 6.61 Å². The van der Waals surface area contributed by atoms with E-state index in [1.807, 2.05) is 0 Å². The number of nitrogens with zero attached hydrogens (tertiary/aromatic N) is 1. The van der Waals surface area contributed by atoms with Crippen molar-refractivity contribution in [3.8, 4) is 0 Å². The van der Waals surface area contributed by atoms with Crippen molar-refractivity contribution in [3.05, 3.63) is 10.9 Å². The van der Waals surface area contributed by atoms with E-state index in [1.165, 1.54) is 0 Å². The van der Waals surface area contributed by atoms with E-state index < -0.39 is 5.66 Å². The van der Waals surface area contributed by atoms with Crippen molar-refractivity contribution in [1.29, 1.82) is 0 Å². The number of guanidine groups is 1. The van der Waals surface area contributed by atoms with E-state index in [-0.39, 0.29) is 23.4 Å². The minimum absolute atomic E-state index is 0.116. The average Bonchev–Trinajstić information content (AvgIpc) is 2.14. The van der Waals surface area contributed by atoms with Crippen LogP contribution in [0.3, 0.4) is 0 Å². The molecule has 1 unspecified atom stereocenters. The zero-order chi connectivity index (χ0) is 11.5. The lowest BCUT2D eigenvalue weighted by Gasteiger charge is -2.30. The Morgan fingerprint density at radius 2 is 2.07 bits per heavy atom. The Balaban J connectivity index is 2.75. The summed E-state index contributed by atoms with van der Waals surface area (Å²) < 4.78 is 0. The Morgan fingerprint density at radius 1 is 1.40 bits per heavy atom. The molecule has 1 atom stereocenters. The molecule has 0 aromatic rings. The van der Waals surface area contributed by atoms with Crippen LogP contribution in [0.15, 0.2) is 15.8 Å². The molecule has 7 heteroatoms. The van der Waals surface area contributed by atoms with E-state index in [2.05, 4.69) is 10.3 Å². The molecule has 0 aromatic heterocycles. The predicted octanol–water partition coefficient (Wildman–Crippen LogP) is -0.912. The Morgan fingerprint density at radius 3 is 2.67 bits per heavy atom. The van der Waals surface area contributed by atoms with Gasteiger partial charge in [-0.25, -0.2) is 4.99 Å². The maximum absolute atomic E-state index is 8.67. The van der Waals surface area contributed by atoms with E-state index in [9.17, 15) is 0 Å². The van der Waals surface area contributed by atoms with Crippen molar-refractivity contribution in [3.63, 3.8) is 0 Å². The molecule has 0 bridgehead atoms. The third kappa shape index (κ3) is 2.74. The van der Waals surface area contributed by atoms with Crippen LogP contribution in [0, 0.1) is 0 Å². The number of rotatable bonds is 4. The molecule has 0 spiro atoms. The molecule has 1 aliphatic rings.